The third-order valence-electron chi connectivity index (χ3n) is 4.06. The van der Waals surface area contributed by atoms with E-state index in [0.717, 1.165) is 12.8 Å². The Hall–Kier alpha value is -1.24. The molecule has 0 amide bonds. The molecule has 1 aromatic carbocycles. The van der Waals surface area contributed by atoms with Crippen LogP contribution in [0.1, 0.15) is 29.2 Å². The Morgan fingerprint density at radius 1 is 1.14 bits per heavy atom. The summed E-state index contributed by atoms with van der Waals surface area (Å²) in [6.07, 6.45) is 1.73. The van der Waals surface area contributed by atoms with Crippen molar-refractivity contribution in [1.82, 2.24) is 4.31 Å². The second-order valence-electron chi connectivity index (χ2n) is 5.57. The van der Waals surface area contributed by atoms with Crippen LogP contribution in [0.15, 0.2) is 41.8 Å². The molecule has 0 N–H and O–H groups in total. The van der Waals surface area contributed by atoms with Crippen LogP contribution in [-0.4, -0.2) is 25.8 Å². The molecule has 6 heteroatoms. The van der Waals surface area contributed by atoms with Crippen molar-refractivity contribution in [3.8, 4) is 0 Å². The molecular weight excluding hydrogens is 321 g/mol. The molecule has 0 aliphatic carbocycles. The van der Waals surface area contributed by atoms with Gasteiger partial charge in [0.05, 0.1) is 5.75 Å². The summed E-state index contributed by atoms with van der Waals surface area (Å²) in [5.41, 5.74) is 0.627. The fraction of sp³-hybridized carbons (Fsp3) is 0.375. The average molecular weight is 339 g/mol. The van der Waals surface area contributed by atoms with Gasteiger partial charge in [0.25, 0.3) is 0 Å². The Kier molecular flexibility index (Phi) is 4.61. The highest BCUT2D eigenvalue weighted by atomic mass is 32.2. The predicted molar refractivity (Wildman–Crippen MR) is 86.9 cm³/mol. The normalized spacial score (nSPS) is 17.7. The minimum absolute atomic E-state index is 0.0586. The van der Waals surface area contributed by atoms with E-state index in [0.29, 0.717) is 24.6 Å². The SMILES string of the molecule is O=S(=O)(Cc1ccc(F)cc1)N1CCC(c2cccs2)CC1. The first-order valence-corrected chi connectivity index (χ1v) is 9.79. The minimum atomic E-state index is -3.33. The molecule has 0 spiro atoms. The lowest BCUT2D eigenvalue weighted by Gasteiger charge is -2.30. The summed E-state index contributed by atoms with van der Waals surface area (Å²) < 4.78 is 39.4. The lowest BCUT2D eigenvalue weighted by molar-refractivity contribution is 0.321. The second kappa shape index (κ2) is 6.48. The number of rotatable bonds is 4. The quantitative estimate of drug-likeness (QED) is 0.853. The molecule has 1 saturated heterocycles. The molecule has 1 fully saturated rings. The highest BCUT2D eigenvalue weighted by Crippen LogP contribution is 2.32. The second-order valence-corrected chi connectivity index (χ2v) is 8.52. The van der Waals surface area contributed by atoms with Crippen LogP contribution < -0.4 is 0 Å². The highest BCUT2D eigenvalue weighted by Gasteiger charge is 2.29. The molecule has 3 nitrogen and oxygen atoms in total. The van der Waals surface area contributed by atoms with Gasteiger partial charge in [-0.25, -0.2) is 17.1 Å². The standard InChI is InChI=1S/C16H18FNO2S2/c17-15-5-3-13(4-6-15)12-22(19,20)18-9-7-14(8-10-18)16-2-1-11-21-16/h1-6,11,14H,7-10,12H2. The highest BCUT2D eigenvalue weighted by molar-refractivity contribution is 7.88. The Morgan fingerprint density at radius 3 is 2.41 bits per heavy atom. The van der Waals surface area contributed by atoms with Crippen LogP contribution in [-0.2, 0) is 15.8 Å². The molecule has 0 radical (unpaired) electrons. The number of thiophene rings is 1. The maximum atomic E-state index is 12.9. The minimum Gasteiger partial charge on any atom is -0.212 e. The van der Waals surface area contributed by atoms with Gasteiger partial charge in [-0.15, -0.1) is 11.3 Å². The van der Waals surface area contributed by atoms with E-state index in [9.17, 15) is 12.8 Å². The summed E-state index contributed by atoms with van der Waals surface area (Å²) in [5, 5.41) is 2.06. The van der Waals surface area contributed by atoms with Gasteiger partial charge < -0.3 is 0 Å². The summed E-state index contributed by atoms with van der Waals surface area (Å²) in [7, 11) is -3.33. The van der Waals surface area contributed by atoms with E-state index in [2.05, 4.69) is 11.4 Å². The molecule has 0 atom stereocenters. The first-order chi connectivity index (χ1) is 10.5. The zero-order valence-electron chi connectivity index (χ0n) is 12.1. The summed E-state index contributed by atoms with van der Waals surface area (Å²) in [6.45, 7) is 1.12. The molecule has 0 unspecified atom stereocenters. The number of nitrogens with zero attached hydrogens (tertiary/aromatic N) is 1. The van der Waals surface area contributed by atoms with Crippen LogP contribution in [0.3, 0.4) is 0 Å². The molecule has 1 aliphatic rings. The fourth-order valence-corrected chi connectivity index (χ4v) is 5.29. The van der Waals surface area contributed by atoms with Gasteiger partial charge in [-0.3, -0.25) is 0 Å². The molecule has 1 aliphatic heterocycles. The molecular formula is C16H18FNO2S2. The number of hydrogen-bond donors (Lipinski definition) is 0. The maximum Gasteiger partial charge on any atom is 0.218 e. The monoisotopic (exact) mass is 339 g/mol. The van der Waals surface area contributed by atoms with Crippen LogP contribution in [0.4, 0.5) is 4.39 Å². The third-order valence-corrected chi connectivity index (χ3v) is 6.94. The number of halogens is 1. The van der Waals surface area contributed by atoms with Gasteiger partial charge in [-0.05, 0) is 47.9 Å². The van der Waals surface area contributed by atoms with Gasteiger partial charge in [0.15, 0.2) is 0 Å². The van der Waals surface area contributed by atoms with Gasteiger partial charge >= 0.3 is 0 Å². The van der Waals surface area contributed by atoms with Crippen molar-refractivity contribution in [2.45, 2.75) is 24.5 Å². The van der Waals surface area contributed by atoms with Crippen LogP contribution in [0.2, 0.25) is 0 Å². The number of benzene rings is 1. The molecule has 1 aromatic heterocycles. The van der Waals surface area contributed by atoms with Crippen molar-refractivity contribution in [3.05, 3.63) is 58.0 Å². The average Bonchev–Trinajstić information content (AvgIpc) is 3.04. The fourth-order valence-electron chi connectivity index (χ4n) is 2.82. The summed E-state index contributed by atoms with van der Waals surface area (Å²) in [4.78, 5) is 1.34. The molecule has 2 heterocycles. The molecule has 22 heavy (non-hydrogen) atoms. The van der Waals surface area contributed by atoms with E-state index in [1.54, 1.807) is 15.6 Å². The molecule has 118 valence electrons. The van der Waals surface area contributed by atoms with Crippen LogP contribution in [0.5, 0.6) is 0 Å². The molecule has 2 aromatic rings. The topological polar surface area (TPSA) is 37.4 Å². The predicted octanol–water partition coefficient (Wildman–Crippen LogP) is 3.60. The van der Waals surface area contributed by atoms with Gasteiger partial charge in [0.1, 0.15) is 5.82 Å². The largest absolute Gasteiger partial charge is 0.218 e. The van der Waals surface area contributed by atoms with E-state index in [-0.39, 0.29) is 11.6 Å². The smallest absolute Gasteiger partial charge is 0.212 e. The third kappa shape index (κ3) is 3.56. The number of sulfonamides is 1. The molecule has 0 bridgehead atoms. The Labute approximate surface area is 134 Å². The first kappa shape index (κ1) is 15.6. The van der Waals surface area contributed by atoms with Crippen LogP contribution in [0, 0.1) is 5.82 Å². The van der Waals surface area contributed by atoms with Crippen molar-refractivity contribution >= 4 is 21.4 Å². The summed E-state index contributed by atoms with van der Waals surface area (Å²) in [6, 6.07) is 9.83. The van der Waals surface area contributed by atoms with E-state index in [1.807, 2.05) is 6.07 Å². The number of piperidine rings is 1. The van der Waals surface area contributed by atoms with Gasteiger partial charge in [-0.2, -0.15) is 0 Å². The van der Waals surface area contributed by atoms with Crippen molar-refractivity contribution in [1.29, 1.82) is 0 Å². The molecule has 0 saturated carbocycles. The summed E-state index contributed by atoms with van der Waals surface area (Å²) >= 11 is 1.74. The van der Waals surface area contributed by atoms with E-state index < -0.39 is 10.0 Å². The van der Waals surface area contributed by atoms with Crippen LogP contribution >= 0.6 is 11.3 Å². The van der Waals surface area contributed by atoms with Gasteiger partial charge in [0.2, 0.25) is 10.0 Å². The van der Waals surface area contributed by atoms with E-state index >= 15 is 0 Å². The van der Waals surface area contributed by atoms with Gasteiger partial charge in [-0.1, -0.05) is 18.2 Å². The number of hydrogen-bond acceptors (Lipinski definition) is 3. The van der Waals surface area contributed by atoms with Crippen molar-refractivity contribution in [2.75, 3.05) is 13.1 Å². The summed E-state index contributed by atoms with van der Waals surface area (Å²) in [5.74, 6) is 0.0620. The van der Waals surface area contributed by atoms with Crippen molar-refractivity contribution in [3.63, 3.8) is 0 Å². The lowest BCUT2D eigenvalue weighted by atomic mass is 9.97. The van der Waals surface area contributed by atoms with Gasteiger partial charge in [0, 0.05) is 18.0 Å². The lowest BCUT2D eigenvalue weighted by Crippen LogP contribution is -2.38. The van der Waals surface area contributed by atoms with E-state index in [4.69, 9.17) is 0 Å². The molecule has 3 rings (SSSR count). The Balaban J connectivity index is 1.63. The zero-order valence-corrected chi connectivity index (χ0v) is 13.7. The Bertz CT molecular complexity index is 703. The zero-order chi connectivity index (χ0) is 15.6. The van der Waals surface area contributed by atoms with E-state index in [1.165, 1.54) is 29.1 Å². The maximum absolute atomic E-state index is 12.9. The van der Waals surface area contributed by atoms with Crippen molar-refractivity contribution < 1.29 is 12.8 Å². The Morgan fingerprint density at radius 2 is 1.82 bits per heavy atom. The first-order valence-electron chi connectivity index (χ1n) is 7.30. The van der Waals surface area contributed by atoms with Crippen LogP contribution in [0.25, 0.3) is 0 Å². The van der Waals surface area contributed by atoms with Crippen molar-refractivity contribution in [2.24, 2.45) is 0 Å².